The lowest BCUT2D eigenvalue weighted by atomic mass is 9.93. The molecule has 0 aromatic heterocycles. The Balaban J connectivity index is 3.29. The molecule has 0 atom stereocenters. The fraction of sp³-hybridized carbons (Fsp3) is 0.870. The van der Waals surface area contributed by atoms with Crippen LogP contribution in [0, 0.1) is 5.41 Å². The van der Waals surface area contributed by atoms with Crippen LogP contribution in [0.5, 0.6) is 0 Å². The van der Waals surface area contributed by atoms with E-state index in [1.165, 1.54) is 38.5 Å². The van der Waals surface area contributed by atoms with Gasteiger partial charge in [0.05, 0.1) is 31.8 Å². The van der Waals surface area contributed by atoms with Crippen molar-refractivity contribution in [3.8, 4) is 0 Å². The number of ether oxygens (including phenoxy) is 1. The van der Waals surface area contributed by atoms with Gasteiger partial charge < -0.3 is 25.2 Å². The van der Waals surface area contributed by atoms with Crippen molar-refractivity contribution in [2.75, 3.05) is 33.0 Å². The maximum Gasteiger partial charge on any atom is 0.303 e. The van der Waals surface area contributed by atoms with Gasteiger partial charge in [-0.05, 0) is 38.5 Å². The van der Waals surface area contributed by atoms with Crippen LogP contribution >= 0.6 is 0 Å². The van der Waals surface area contributed by atoms with E-state index < -0.39 is 11.4 Å². The molecule has 0 saturated heterocycles. The Hall–Kier alpha value is -0.950. The molecule has 0 rings (SSSR count). The van der Waals surface area contributed by atoms with E-state index in [9.17, 15) is 20.1 Å². The summed E-state index contributed by atoms with van der Waals surface area (Å²) in [5.41, 5.74) is -0.921. The molecule has 0 heterocycles. The molecule has 6 nitrogen and oxygen atoms in total. The minimum atomic E-state index is -0.921. The van der Waals surface area contributed by atoms with E-state index >= 15 is 0 Å². The second-order valence-electron chi connectivity index (χ2n) is 8.11. The van der Waals surface area contributed by atoms with Crippen LogP contribution in [0.1, 0.15) is 89.9 Å². The molecule has 4 N–H and O–H groups in total. The number of carbonyl (C=O) groups is 1. The van der Waals surface area contributed by atoms with Gasteiger partial charge >= 0.3 is 5.97 Å². The van der Waals surface area contributed by atoms with Gasteiger partial charge in [0.15, 0.2) is 0 Å². The molecule has 0 radical (unpaired) electrons. The van der Waals surface area contributed by atoms with E-state index in [1.54, 1.807) is 0 Å². The summed E-state index contributed by atoms with van der Waals surface area (Å²) < 4.78 is 5.49. The molecule has 0 saturated carbocycles. The van der Waals surface area contributed by atoms with E-state index in [0.29, 0.717) is 13.0 Å². The number of rotatable bonds is 22. The highest BCUT2D eigenvalue weighted by atomic mass is 16.5. The third-order valence-corrected chi connectivity index (χ3v) is 5.25. The van der Waals surface area contributed by atoms with Crippen molar-refractivity contribution >= 4 is 5.97 Å². The van der Waals surface area contributed by atoms with Crippen LogP contribution in [-0.4, -0.2) is 59.4 Å². The van der Waals surface area contributed by atoms with Crippen LogP contribution in [-0.2, 0) is 9.53 Å². The third kappa shape index (κ3) is 17.6. The summed E-state index contributed by atoms with van der Waals surface area (Å²) >= 11 is 0. The summed E-state index contributed by atoms with van der Waals surface area (Å²) in [6, 6.07) is 0. The number of hydrogen-bond acceptors (Lipinski definition) is 5. The van der Waals surface area contributed by atoms with E-state index in [0.717, 1.165) is 44.9 Å². The number of carboxylic acid groups (broad SMARTS) is 1. The van der Waals surface area contributed by atoms with E-state index in [1.807, 2.05) is 0 Å². The molecule has 0 aromatic rings. The molecule has 0 aromatic carbocycles. The third-order valence-electron chi connectivity index (χ3n) is 5.25. The Labute approximate surface area is 177 Å². The number of carboxylic acids is 1. The molecular formula is C23H44O6. The molecule has 0 bridgehead atoms. The van der Waals surface area contributed by atoms with Crippen molar-refractivity contribution < 1.29 is 30.0 Å². The Morgan fingerprint density at radius 3 is 1.62 bits per heavy atom. The van der Waals surface area contributed by atoms with Crippen molar-refractivity contribution in [2.24, 2.45) is 5.41 Å². The Morgan fingerprint density at radius 1 is 0.690 bits per heavy atom. The van der Waals surface area contributed by atoms with Gasteiger partial charge in [0, 0.05) is 13.0 Å². The maximum absolute atomic E-state index is 10.4. The molecule has 0 unspecified atom stereocenters. The van der Waals surface area contributed by atoms with E-state index in [4.69, 9.17) is 9.84 Å². The first kappa shape index (κ1) is 28.1. The topological polar surface area (TPSA) is 107 Å². The lowest BCUT2D eigenvalue weighted by molar-refractivity contribution is -0.137. The molecule has 6 heteroatoms. The molecular weight excluding hydrogens is 372 g/mol. The first-order valence-corrected chi connectivity index (χ1v) is 11.4. The molecule has 0 fully saturated rings. The summed E-state index contributed by atoms with van der Waals surface area (Å²) in [6.07, 6.45) is 19.5. The van der Waals surface area contributed by atoms with Crippen LogP contribution in [0.3, 0.4) is 0 Å². The first-order valence-electron chi connectivity index (χ1n) is 11.4. The van der Waals surface area contributed by atoms with Crippen LogP contribution in [0.15, 0.2) is 12.2 Å². The van der Waals surface area contributed by atoms with Crippen LogP contribution in [0.2, 0.25) is 0 Å². The Bertz CT molecular complexity index is 385. The van der Waals surface area contributed by atoms with Crippen molar-refractivity contribution in [1.82, 2.24) is 0 Å². The average molecular weight is 417 g/mol. The quantitative estimate of drug-likeness (QED) is 0.157. The normalized spacial score (nSPS) is 12.1. The summed E-state index contributed by atoms with van der Waals surface area (Å²) in [5.74, 6) is -0.690. The van der Waals surface area contributed by atoms with Crippen molar-refractivity contribution in [2.45, 2.75) is 89.9 Å². The Kier molecular flexibility index (Phi) is 19.7. The lowest BCUT2D eigenvalue weighted by Gasteiger charge is -2.26. The van der Waals surface area contributed by atoms with Crippen LogP contribution < -0.4 is 0 Å². The standard InChI is InChI=1S/C23H44O6/c24-18-23(19-25,20-26)21-29-17-15-13-11-9-7-5-3-1-2-4-6-8-10-12-14-16-22(27)28/h1-2,24-26H,3-21H2,(H,27,28)/b2-1-. The fourth-order valence-electron chi connectivity index (χ4n) is 3.05. The number of allylic oxidation sites excluding steroid dienone is 2. The summed E-state index contributed by atoms with van der Waals surface area (Å²) in [5, 5.41) is 36.2. The van der Waals surface area contributed by atoms with Crippen molar-refractivity contribution in [1.29, 1.82) is 0 Å². The first-order chi connectivity index (χ1) is 14.1. The number of aliphatic hydroxyl groups excluding tert-OH is 3. The largest absolute Gasteiger partial charge is 0.481 e. The Morgan fingerprint density at radius 2 is 1.14 bits per heavy atom. The SMILES string of the molecule is O=C(O)CCCCCCC/C=C\CCCCCCCCOCC(CO)(CO)CO. The highest BCUT2D eigenvalue weighted by molar-refractivity contribution is 5.66. The minimum absolute atomic E-state index is 0.188. The van der Waals surface area contributed by atoms with Gasteiger partial charge in [-0.25, -0.2) is 0 Å². The van der Waals surface area contributed by atoms with E-state index in [-0.39, 0.29) is 26.4 Å². The summed E-state index contributed by atoms with van der Waals surface area (Å²) in [7, 11) is 0. The predicted molar refractivity (Wildman–Crippen MR) is 116 cm³/mol. The number of hydrogen-bond donors (Lipinski definition) is 4. The van der Waals surface area contributed by atoms with Gasteiger partial charge in [0.25, 0.3) is 0 Å². The molecule has 0 aliphatic rings. The number of aliphatic hydroxyl groups is 3. The van der Waals surface area contributed by atoms with Crippen LogP contribution in [0.25, 0.3) is 0 Å². The van der Waals surface area contributed by atoms with Gasteiger partial charge in [-0.2, -0.15) is 0 Å². The maximum atomic E-state index is 10.4. The second-order valence-corrected chi connectivity index (χ2v) is 8.11. The molecule has 0 aliphatic heterocycles. The van der Waals surface area contributed by atoms with Gasteiger partial charge in [-0.15, -0.1) is 0 Å². The van der Waals surface area contributed by atoms with Crippen molar-refractivity contribution in [3.05, 3.63) is 12.2 Å². The fourth-order valence-corrected chi connectivity index (χ4v) is 3.05. The van der Waals surface area contributed by atoms with Gasteiger partial charge in [0.2, 0.25) is 0 Å². The zero-order chi connectivity index (χ0) is 21.6. The van der Waals surface area contributed by atoms with Gasteiger partial charge in [0.1, 0.15) is 0 Å². The molecule has 172 valence electrons. The minimum Gasteiger partial charge on any atom is -0.481 e. The monoisotopic (exact) mass is 416 g/mol. The lowest BCUT2D eigenvalue weighted by Crippen LogP contribution is -2.38. The smallest absolute Gasteiger partial charge is 0.303 e. The number of unbranched alkanes of at least 4 members (excludes halogenated alkanes) is 11. The summed E-state index contributed by atoms with van der Waals surface area (Å²) in [6.45, 7) is -0.0350. The molecule has 0 spiro atoms. The van der Waals surface area contributed by atoms with Gasteiger partial charge in [-0.3, -0.25) is 4.79 Å². The van der Waals surface area contributed by atoms with Crippen molar-refractivity contribution in [3.63, 3.8) is 0 Å². The molecule has 29 heavy (non-hydrogen) atoms. The highest BCUT2D eigenvalue weighted by Crippen LogP contribution is 2.15. The zero-order valence-corrected chi connectivity index (χ0v) is 18.2. The summed E-state index contributed by atoms with van der Waals surface area (Å²) in [4.78, 5) is 10.4. The zero-order valence-electron chi connectivity index (χ0n) is 18.2. The van der Waals surface area contributed by atoms with Gasteiger partial charge in [-0.1, -0.05) is 57.1 Å². The average Bonchev–Trinajstić information content (AvgIpc) is 2.73. The molecule has 0 aliphatic carbocycles. The molecule has 0 amide bonds. The number of aliphatic carboxylic acids is 1. The van der Waals surface area contributed by atoms with E-state index in [2.05, 4.69) is 12.2 Å². The second kappa shape index (κ2) is 20.3. The predicted octanol–water partition coefficient (Wildman–Crippen LogP) is 4.07. The van der Waals surface area contributed by atoms with Crippen LogP contribution in [0.4, 0.5) is 0 Å². The highest BCUT2D eigenvalue weighted by Gasteiger charge is 2.28.